The van der Waals surface area contributed by atoms with Gasteiger partial charge in [-0.3, -0.25) is 4.79 Å². The number of aromatic carboxylic acids is 1. The number of hydrogen-bond donors (Lipinski definition) is 2. The second-order valence-corrected chi connectivity index (χ2v) is 3.84. The van der Waals surface area contributed by atoms with Crippen molar-refractivity contribution in [2.24, 2.45) is 0 Å². The van der Waals surface area contributed by atoms with E-state index < -0.39 is 11.4 Å². The summed E-state index contributed by atoms with van der Waals surface area (Å²) >= 11 is 0. The molecule has 0 atom stereocenters. The van der Waals surface area contributed by atoms with Gasteiger partial charge in [0, 0.05) is 16.6 Å². The van der Waals surface area contributed by atoms with Gasteiger partial charge in [-0.25, -0.2) is 4.79 Å². The lowest BCUT2D eigenvalue weighted by molar-refractivity contribution is 0.0694. The van der Waals surface area contributed by atoms with Gasteiger partial charge >= 0.3 is 5.97 Å². The number of nitriles is 1. The summed E-state index contributed by atoms with van der Waals surface area (Å²) in [6, 6.07) is 6.52. The van der Waals surface area contributed by atoms with E-state index in [-0.39, 0.29) is 10.9 Å². The maximum atomic E-state index is 12.1. The number of fused-ring (bicyclic) bond motifs is 1. The largest absolute Gasteiger partial charge is 0.477 e. The Bertz CT molecular complexity index is 738. The highest BCUT2D eigenvalue weighted by Gasteiger charge is 2.17. The maximum absolute atomic E-state index is 12.1. The van der Waals surface area contributed by atoms with Crippen LogP contribution >= 0.6 is 0 Å². The molecule has 0 radical (unpaired) electrons. The predicted molar refractivity (Wildman–Crippen MR) is 65.6 cm³/mol. The monoisotopic (exact) mass is 242 g/mol. The van der Waals surface area contributed by atoms with Crippen molar-refractivity contribution in [1.82, 2.24) is 4.98 Å². The molecule has 0 saturated carbocycles. The van der Waals surface area contributed by atoms with Crippen molar-refractivity contribution in [3.8, 4) is 6.07 Å². The molecular weight excluding hydrogens is 232 g/mol. The van der Waals surface area contributed by atoms with Crippen LogP contribution in [0.4, 0.5) is 0 Å². The zero-order valence-corrected chi connectivity index (χ0v) is 9.65. The van der Waals surface area contributed by atoms with E-state index in [2.05, 4.69) is 4.98 Å². The fraction of sp³-hybridized carbons (Fsp3) is 0.154. The van der Waals surface area contributed by atoms with E-state index in [9.17, 15) is 9.59 Å². The van der Waals surface area contributed by atoms with Crippen molar-refractivity contribution in [1.29, 1.82) is 5.26 Å². The van der Waals surface area contributed by atoms with Gasteiger partial charge in [-0.1, -0.05) is 6.92 Å². The zero-order valence-electron chi connectivity index (χ0n) is 9.65. The number of carboxylic acid groups (broad SMARTS) is 1. The Kier molecular flexibility index (Phi) is 2.86. The van der Waals surface area contributed by atoms with Crippen LogP contribution in [0.5, 0.6) is 0 Å². The number of carboxylic acids is 1. The van der Waals surface area contributed by atoms with Gasteiger partial charge in [0.25, 0.3) is 0 Å². The summed E-state index contributed by atoms with van der Waals surface area (Å²) in [7, 11) is 0. The number of nitrogens with one attached hydrogen (secondary N) is 1. The molecule has 0 aliphatic rings. The number of aromatic amines is 1. The number of nitrogens with zero attached hydrogens (tertiary/aromatic N) is 1. The molecule has 0 fully saturated rings. The number of pyridine rings is 1. The van der Waals surface area contributed by atoms with Gasteiger partial charge in [-0.05, 0) is 24.6 Å². The van der Waals surface area contributed by atoms with E-state index in [1.807, 2.05) is 6.07 Å². The number of benzene rings is 1. The molecule has 0 amide bonds. The lowest BCUT2D eigenvalue weighted by Crippen LogP contribution is -2.19. The maximum Gasteiger partial charge on any atom is 0.341 e. The molecule has 5 nitrogen and oxygen atoms in total. The van der Waals surface area contributed by atoms with E-state index in [0.717, 1.165) is 0 Å². The molecule has 0 spiro atoms. The van der Waals surface area contributed by atoms with Crippen molar-refractivity contribution >= 4 is 16.9 Å². The molecule has 0 aliphatic heterocycles. The molecule has 0 unspecified atom stereocenters. The summed E-state index contributed by atoms with van der Waals surface area (Å²) in [5, 5.41) is 18.1. The quantitative estimate of drug-likeness (QED) is 0.837. The highest BCUT2D eigenvalue weighted by Crippen LogP contribution is 2.14. The summed E-state index contributed by atoms with van der Waals surface area (Å²) in [6.45, 7) is 1.77. The highest BCUT2D eigenvalue weighted by atomic mass is 16.4. The zero-order chi connectivity index (χ0) is 13.3. The van der Waals surface area contributed by atoms with Crippen molar-refractivity contribution < 1.29 is 9.90 Å². The second-order valence-electron chi connectivity index (χ2n) is 3.84. The first-order chi connectivity index (χ1) is 8.58. The van der Waals surface area contributed by atoms with Crippen LogP contribution in [-0.4, -0.2) is 16.1 Å². The normalized spacial score (nSPS) is 10.2. The van der Waals surface area contributed by atoms with E-state index in [1.165, 1.54) is 6.07 Å². The average Bonchev–Trinajstić information content (AvgIpc) is 2.37. The minimum absolute atomic E-state index is 0.226. The Labute approximate surface area is 102 Å². The molecule has 0 saturated heterocycles. The Morgan fingerprint density at radius 2 is 2.22 bits per heavy atom. The molecule has 1 aromatic heterocycles. The van der Waals surface area contributed by atoms with Crippen LogP contribution in [0.25, 0.3) is 10.9 Å². The van der Waals surface area contributed by atoms with Gasteiger partial charge in [0.1, 0.15) is 5.56 Å². The van der Waals surface area contributed by atoms with E-state index in [4.69, 9.17) is 10.4 Å². The van der Waals surface area contributed by atoms with Crippen LogP contribution in [0.3, 0.4) is 0 Å². The van der Waals surface area contributed by atoms with Gasteiger partial charge < -0.3 is 10.1 Å². The van der Waals surface area contributed by atoms with Crippen LogP contribution in [-0.2, 0) is 6.42 Å². The van der Waals surface area contributed by atoms with Crippen LogP contribution < -0.4 is 5.43 Å². The molecule has 90 valence electrons. The summed E-state index contributed by atoms with van der Waals surface area (Å²) in [4.78, 5) is 26.2. The Hall–Kier alpha value is -2.61. The molecule has 18 heavy (non-hydrogen) atoms. The first-order valence-electron chi connectivity index (χ1n) is 5.40. The fourth-order valence-corrected chi connectivity index (χ4v) is 1.90. The Morgan fingerprint density at radius 3 is 2.78 bits per heavy atom. The van der Waals surface area contributed by atoms with E-state index in [1.54, 1.807) is 19.1 Å². The third-order valence-corrected chi connectivity index (χ3v) is 2.78. The van der Waals surface area contributed by atoms with Gasteiger partial charge in [0.2, 0.25) is 5.43 Å². The molecule has 2 rings (SSSR count). The van der Waals surface area contributed by atoms with Crippen LogP contribution in [0, 0.1) is 11.3 Å². The molecule has 1 heterocycles. The van der Waals surface area contributed by atoms with Gasteiger partial charge in [0.15, 0.2) is 0 Å². The van der Waals surface area contributed by atoms with E-state index in [0.29, 0.717) is 23.2 Å². The highest BCUT2D eigenvalue weighted by molar-refractivity contribution is 5.94. The number of aromatic nitrogens is 1. The minimum Gasteiger partial charge on any atom is -0.477 e. The topological polar surface area (TPSA) is 94.0 Å². The van der Waals surface area contributed by atoms with Crippen molar-refractivity contribution in [3.63, 3.8) is 0 Å². The third kappa shape index (κ3) is 1.74. The average molecular weight is 242 g/mol. The van der Waals surface area contributed by atoms with Gasteiger partial charge in [0.05, 0.1) is 11.6 Å². The third-order valence-electron chi connectivity index (χ3n) is 2.78. The molecular formula is C13H10N2O3. The summed E-state index contributed by atoms with van der Waals surface area (Å²) in [5.41, 5.74) is 0.462. The Morgan fingerprint density at radius 1 is 1.50 bits per heavy atom. The minimum atomic E-state index is -1.25. The molecule has 0 aliphatic carbocycles. The van der Waals surface area contributed by atoms with Crippen molar-refractivity contribution in [3.05, 3.63) is 45.2 Å². The van der Waals surface area contributed by atoms with E-state index >= 15 is 0 Å². The standard InChI is InChI=1S/C13H10N2O3/c1-2-9-11(13(17)18)12(16)8-5-7(6-14)3-4-10(8)15-9/h3-5H,2H2,1H3,(H,15,16)(H,17,18). The van der Waals surface area contributed by atoms with Gasteiger partial charge in [-0.2, -0.15) is 5.26 Å². The summed E-state index contributed by atoms with van der Waals surface area (Å²) < 4.78 is 0. The summed E-state index contributed by atoms with van der Waals surface area (Å²) in [6.07, 6.45) is 0.423. The molecule has 0 bridgehead atoms. The lowest BCUT2D eigenvalue weighted by atomic mass is 10.1. The number of rotatable bonds is 2. The Balaban J connectivity index is 2.93. The van der Waals surface area contributed by atoms with Crippen LogP contribution in [0.15, 0.2) is 23.0 Å². The van der Waals surface area contributed by atoms with Crippen molar-refractivity contribution in [2.75, 3.05) is 0 Å². The van der Waals surface area contributed by atoms with Crippen LogP contribution in [0.2, 0.25) is 0 Å². The first-order valence-corrected chi connectivity index (χ1v) is 5.40. The van der Waals surface area contributed by atoms with Crippen LogP contribution in [0.1, 0.15) is 28.5 Å². The SMILES string of the molecule is CCc1[nH]c2ccc(C#N)cc2c(=O)c1C(=O)O. The summed E-state index contributed by atoms with van der Waals surface area (Å²) in [5.74, 6) is -1.25. The number of H-pyrrole nitrogens is 1. The predicted octanol–water partition coefficient (Wildman–Crippen LogP) is 1.66. The fourth-order valence-electron chi connectivity index (χ4n) is 1.90. The molecule has 1 aromatic carbocycles. The first kappa shape index (κ1) is 11.9. The lowest BCUT2D eigenvalue weighted by Gasteiger charge is -2.06. The smallest absolute Gasteiger partial charge is 0.341 e. The molecule has 5 heteroatoms. The number of hydrogen-bond acceptors (Lipinski definition) is 3. The number of aryl methyl sites for hydroxylation is 1. The van der Waals surface area contributed by atoms with Crippen molar-refractivity contribution in [2.45, 2.75) is 13.3 Å². The van der Waals surface area contributed by atoms with Gasteiger partial charge in [-0.15, -0.1) is 0 Å². The molecule has 2 aromatic rings. The number of carbonyl (C=O) groups is 1. The second kappa shape index (κ2) is 4.34. The molecule has 2 N–H and O–H groups in total.